The molecule has 0 saturated heterocycles. The smallest absolute Gasteiger partial charge is 0.157 e. The number of aromatic amines is 2. The van der Waals surface area contributed by atoms with Crippen molar-refractivity contribution in [3.05, 3.63) is 42.5 Å². The van der Waals surface area contributed by atoms with Crippen LogP contribution < -0.4 is 11.1 Å². The van der Waals surface area contributed by atoms with Crippen molar-refractivity contribution < 1.29 is 0 Å². The van der Waals surface area contributed by atoms with Gasteiger partial charge in [0.1, 0.15) is 16.6 Å². The van der Waals surface area contributed by atoms with E-state index in [4.69, 9.17) is 5.73 Å². The molecule has 0 amide bonds. The van der Waals surface area contributed by atoms with Gasteiger partial charge in [0.15, 0.2) is 5.82 Å². The van der Waals surface area contributed by atoms with Crippen LogP contribution in [0.2, 0.25) is 0 Å². The molecule has 0 fully saturated rings. The van der Waals surface area contributed by atoms with E-state index in [2.05, 4.69) is 30.5 Å². The van der Waals surface area contributed by atoms with E-state index in [1.807, 2.05) is 24.3 Å². The fraction of sp³-hybridized carbons (Fsp3) is 0.0714. The maximum absolute atomic E-state index is 6.01. The molecule has 4 aromatic rings. The SMILES string of the molecule is Nc1n[nH]c(NCc2ncc[nH]2)c1-c1nc2ccccc2s1. The Morgan fingerprint density at radius 2 is 2.18 bits per heavy atom. The summed E-state index contributed by atoms with van der Waals surface area (Å²) < 4.78 is 1.12. The highest BCUT2D eigenvalue weighted by Crippen LogP contribution is 2.36. The number of para-hydroxylation sites is 1. The van der Waals surface area contributed by atoms with Gasteiger partial charge < -0.3 is 16.0 Å². The molecule has 3 heterocycles. The van der Waals surface area contributed by atoms with Gasteiger partial charge in [-0.15, -0.1) is 11.3 Å². The Labute approximate surface area is 129 Å². The van der Waals surface area contributed by atoms with E-state index in [1.165, 1.54) is 0 Å². The maximum atomic E-state index is 6.01. The van der Waals surface area contributed by atoms with Gasteiger partial charge in [0.2, 0.25) is 0 Å². The van der Waals surface area contributed by atoms with Crippen molar-refractivity contribution in [2.45, 2.75) is 6.54 Å². The third kappa shape index (κ3) is 2.19. The molecule has 0 saturated carbocycles. The second-order valence-electron chi connectivity index (χ2n) is 4.74. The van der Waals surface area contributed by atoms with E-state index in [0.29, 0.717) is 12.4 Å². The highest BCUT2D eigenvalue weighted by molar-refractivity contribution is 7.21. The van der Waals surface area contributed by atoms with E-state index >= 15 is 0 Å². The summed E-state index contributed by atoms with van der Waals surface area (Å²) in [6.45, 7) is 0.548. The lowest BCUT2D eigenvalue weighted by atomic mass is 10.3. The van der Waals surface area contributed by atoms with Crippen molar-refractivity contribution in [3.8, 4) is 10.6 Å². The zero-order valence-corrected chi connectivity index (χ0v) is 12.3. The summed E-state index contributed by atoms with van der Waals surface area (Å²) in [6.07, 6.45) is 3.50. The number of rotatable bonds is 4. The van der Waals surface area contributed by atoms with Crippen molar-refractivity contribution in [1.82, 2.24) is 25.1 Å². The van der Waals surface area contributed by atoms with E-state index in [0.717, 1.165) is 32.4 Å². The number of hydrogen-bond donors (Lipinski definition) is 4. The first-order valence-corrected chi connectivity index (χ1v) is 7.55. The molecule has 110 valence electrons. The molecule has 4 rings (SSSR count). The molecular formula is C14H13N7S. The molecule has 0 atom stereocenters. The van der Waals surface area contributed by atoms with Crippen molar-refractivity contribution >= 4 is 33.2 Å². The van der Waals surface area contributed by atoms with Gasteiger partial charge in [-0.05, 0) is 12.1 Å². The Morgan fingerprint density at radius 3 is 3.00 bits per heavy atom. The molecule has 8 heteroatoms. The number of anilines is 2. The third-order valence-electron chi connectivity index (χ3n) is 3.29. The van der Waals surface area contributed by atoms with Crippen molar-refractivity contribution in [3.63, 3.8) is 0 Å². The molecule has 0 aliphatic carbocycles. The first-order valence-electron chi connectivity index (χ1n) is 6.73. The van der Waals surface area contributed by atoms with Crippen LogP contribution in [0.15, 0.2) is 36.7 Å². The molecule has 0 unspecified atom stereocenters. The summed E-state index contributed by atoms with van der Waals surface area (Å²) in [5, 5.41) is 11.1. The number of nitrogens with two attached hydrogens (primary N) is 1. The van der Waals surface area contributed by atoms with Crippen LogP contribution in [0, 0.1) is 0 Å². The molecule has 1 aromatic carbocycles. The van der Waals surface area contributed by atoms with Crippen LogP contribution in [0.1, 0.15) is 5.82 Å². The fourth-order valence-electron chi connectivity index (χ4n) is 2.25. The Morgan fingerprint density at radius 1 is 1.27 bits per heavy atom. The van der Waals surface area contributed by atoms with Gasteiger partial charge in [-0.3, -0.25) is 5.10 Å². The lowest BCUT2D eigenvalue weighted by Gasteiger charge is -2.03. The zero-order chi connectivity index (χ0) is 14.9. The molecule has 7 nitrogen and oxygen atoms in total. The highest BCUT2D eigenvalue weighted by Gasteiger charge is 2.17. The Kier molecular flexibility index (Phi) is 3.01. The number of imidazole rings is 1. The minimum absolute atomic E-state index is 0.431. The third-order valence-corrected chi connectivity index (χ3v) is 4.34. The molecule has 0 radical (unpaired) electrons. The van der Waals surface area contributed by atoms with Gasteiger partial charge in [-0.1, -0.05) is 12.1 Å². The number of nitrogens with one attached hydrogen (secondary N) is 3. The van der Waals surface area contributed by atoms with Crippen molar-refractivity contribution in [2.24, 2.45) is 0 Å². The summed E-state index contributed by atoms with van der Waals surface area (Å²) in [6, 6.07) is 8.00. The van der Waals surface area contributed by atoms with Crippen molar-refractivity contribution in [2.75, 3.05) is 11.1 Å². The molecule has 22 heavy (non-hydrogen) atoms. The molecule has 0 aliphatic heterocycles. The largest absolute Gasteiger partial charge is 0.382 e. The first kappa shape index (κ1) is 12.8. The number of aromatic nitrogens is 5. The Bertz CT molecular complexity index is 873. The topological polar surface area (TPSA) is 108 Å². The number of hydrogen-bond acceptors (Lipinski definition) is 6. The lowest BCUT2D eigenvalue weighted by molar-refractivity contribution is 0.978. The van der Waals surface area contributed by atoms with Crippen LogP contribution in [0.4, 0.5) is 11.6 Å². The minimum atomic E-state index is 0.431. The summed E-state index contributed by atoms with van der Waals surface area (Å²) in [4.78, 5) is 11.9. The van der Waals surface area contributed by atoms with Gasteiger partial charge in [-0.25, -0.2) is 9.97 Å². The molecule has 0 spiro atoms. The lowest BCUT2D eigenvalue weighted by Crippen LogP contribution is -2.02. The van der Waals surface area contributed by atoms with Gasteiger partial charge in [0.25, 0.3) is 0 Å². The predicted octanol–water partition coefficient (Wildman–Crippen LogP) is 2.60. The van der Waals surface area contributed by atoms with Gasteiger partial charge in [0, 0.05) is 12.4 Å². The monoisotopic (exact) mass is 311 g/mol. The van der Waals surface area contributed by atoms with Crippen LogP contribution >= 0.6 is 11.3 Å². The van der Waals surface area contributed by atoms with E-state index in [1.54, 1.807) is 23.7 Å². The maximum Gasteiger partial charge on any atom is 0.157 e. The number of H-pyrrole nitrogens is 2. The molecule has 5 N–H and O–H groups in total. The van der Waals surface area contributed by atoms with Gasteiger partial charge >= 0.3 is 0 Å². The summed E-state index contributed by atoms with van der Waals surface area (Å²) in [5.74, 6) is 2.01. The number of benzene rings is 1. The number of fused-ring (bicyclic) bond motifs is 1. The molecular weight excluding hydrogens is 298 g/mol. The summed E-state index contributed by atoms with van der Waals surface area (Å²) >= 11 is 1.59. The number of nitrogens with zero attached hydrogens (tertiary/aromatic N) is 3. The Hall–Kier alpha value is -2.87. The van der Waals surface area contributed by atoms with Gasteiger partial charge in [0.05, 0.1) is 22.3 Å². The highest BCUT2D eigenvalue weighted by atomic mass is 32.1. The standard InChI is InChI=1S/C14H13N7S/c15-12-11(14-19-8-3-1-2-4-9(8)22-14)13(21-20-12)18-7-10-16-5-6-17-10/h1-6H,7H2,(H,16,17)(H4,15,18,20,21). The Balaban J connectivity index is 1.70. The van der Waals surface area contributed by atoms with Crippen LogP contribution in [0.3, 0.4) is 0 Å². The predicted molar refractivity (Wildman–Crippen MR) is 87.5 cm³/mol. The minimum Gasteiger partial charge on any atom is -0.382 e. The average molecular weight is 311 g/mol. The van der Waals surface area contributed by atoms with E-state index < -0.39 is 0 Å². The fourth-order valence-corrected chi connectivity index (χ4v) is 3.27. The summed E-state index contributed by atoms with van der Waals surface area (Å²) in [5.41, 5.74) is 7.76. The number of nitrogen functional groups attached to an aromatic ring is 1. The number of thiazole rings is 1. The summed E-state index contributed by atoms with van der Waals surface area (Å²) in [7, 11) is 0. The second-order valence-corrected chi connectivity index (χ2v) is 5.77. The first-order chi connectivity index (χ1) is 10.8. The van der Waals surface area contributed by atoms with Crippen LogP contribution in [-0.2, 0) is 6.54 Å². The molecule has 0 aliphatic rings. The van der Waals surface area contributed by atoms with Crippen LogP contribution in [-0.4, -0.2) is 25.1 Å². The van der Waals surface area contributed by atoms with E-state index in [9.17, 15) is 0 Å². The second kappa shape index (κ2) is 5.15. The van der Waals surface area contributed by atoms with Crippen LogP contribution in [0.5, 0.6) is 0 Å². The van der Waals surface area contributed by atoms with Crippen LogP contribution in [0.25, 0.3) is 20.8 Å². The van der Waals surface area contributed by atoms with Gasteiger partial charge in [-0.2, -0.15) is 5.10 Å². The van der Waals surface area contributed by atoms with E-state index in [-0.39, 0.29) is 0 Å². The quantitative estimate of drug-likeness (QED) is 0.463. The van der Waals surface area contributed by atoms with Crippen molar-refractivity contribution in [1.29, 1.82) is 0 Å². The molecule has 3 aromatic heterocycles. The molecule has 0 bridgehead atoms. The normalized spacial score (nSPS) is 11.1. The zero-order valence-electron chi connectivity index (χ0n) is 11.5. The average Bonchev–Trinajstić information content (AvgIpc) is 3.24.